The molecular weight excluding hydrogens is 200 g/mol. The molecule has 1 aliphatic carbocycles. The monoisotopic (exact) mass is 218 g/mol. The van der Waals surface area contributed by atoms with Crippen molar-refractivity contribution in [2.24, 2.45) is 11.8 Å². The summed E-state index contributed by atoms with van der Waals surface area (Å²) in [4.78, 5) is 11.4. The van der Waals surface area contributed by atoms with Gasteiger partial charge in [0.25, 0.3) is 0 Å². The largest absolute Gasteiger partial charge is 0.466 e. The number of rotatable bonds is 4. The first-order valence-corrected chi connectivity index (χ1v) is 6.04. The van der Waals surface area contributed by atoms with Gasteiger partial charge in [0.05, 0.1) is 12.5 Å². The molecule has 1 saturated carbocycles. The van der Waals surface area contributed by atoms with Crippen molar-refractivity contribution in [3.8, 4) is 0 Å². The summed E-state index contributed by atoms with van der Waals surface area (Å²) in [5, 5.41) is 0. The van der Waals surface area contributed by atoms with Gasteiger partial charge < -0.3 is 4.74 Å². The average Bonchev–Trinajstić information content (AvgIpc) is 2.20. The molecule has 1 rings (SSSR count). The van der Waals surface area contributed by atoms with Gasteiger partial charge in [-0.2, -0.15) is 0 Å². The van der Waals surface area contributed by atoms with E-state index >= 15 is 0 Å². The average molecular weight is 219 g/mol. The van der Waals surface area contributed by atoms with Gasteiger partial charge >= 0.3 is 5.97 Å². The van der Waals surface area contributed by atoms with Gasteiger partial charge in [-0.1, -0.05) is 0 Å². The zero-order chi connectivity index (χ0) is 10.4. The highest BCUT2D eigenvalue weighted by molar-refractivity contribution is 6.17. The molecule has 0 aromatic rings. The van der Waals surface area contributed by atoms with Crippen LogP contribution in [0.25, 0.3) is 0 Å². The molecule has 0 N–H and O–H groups in total. The molecular formula is C11H19ClO2. The number of alkyl halides is 1. The number of ether oxygens (including phenoxy) is 1. The molecule has 3 heteroatoms. The van der Waals surface area contributed by atoms with E-state index in [1.807, 2.05) is 6.92 Å². The van der Waals surface area contributed by atoms with Gasteiger partial charge in [0.1, 0.15) is 0 Å². The zero-order valence-corrected chi connectivity index (χ0v) is 9.55. The van der Waals surface area contributed by atoms with E-state index in [9.17, 15) is 4.79 Å². The van der Waals surface area contributed by atoms with Crippen molar-refractivity contribution in [3.05, 3.63) is 0 Å². The van der Waals surface area contributed by atoms with Gasteiger partial charge in [-0.15, -0.1) is 11.6 Å². The molecule has 0 aromatic heterocycles. The van der Waals surface area contributed by atoms with E-state index in [1.165, 1.54) is 0 Å². The second-order valence-electron chi connectivity index (χ2n) is 3.95. The molecule has 14 heavy (non-hydrogen) atoms. The van der Waals surface area contributed by atoms with E-state index in [4.69, 9.17) is 16.3 Å². The van der Waals surface area contributed by atoms with Crippen molar-refractivity contribution in [1.82, 2.24) is 0 Å². The van der Waals surface area contributed by atoms with Gasteiger partial charge in [-0.3, -0.25) is 4.79 Å². The standard InChI is InChI=1S/C11H19ClO2/c1-2-14-11(13)10-5-3-9(4-6-10)7-8-12/h9-10H,2-8H2,1H3. The first kappa shape index (κ1) is 11.8. The van der Waals surface area contributed by atoms with Crippen LogP contribution in [-0.4, -0.2) is 18.5 Å². The summed E-state index contributed by atoms with van der Waals surface area (Å²) < 4.78 is 5.01. The number of halogens is 1. The van der Waals surface area contributed by atoms with E-state index in [-0.39, 0.29) is 11.9 Å². The van der Waals surface area contributed by atoms with Gasteiger partial charge in [-0.25, -0.2) is 0 Å². The van der Waals surface area contributed by atoms with Crippen molar-refractivity contribution < 1.29 is 9.53 Å². The molecule has 0 heterocycles. The number of carbonyl (C=O) groups is 1. The third kappa shape index (κ3) is 3.49. The molecule has 0 unspecified atom stereocenters. The number of hydrogen-bond acceptors (Lipinski definition) is 2. The lowest BCUT2D eigenvalue weighted by atomic mass is 9.81. The lowest BCUT2D eigenvalue weighted by Gasteiger charge is -2.26. The second-order valence-corrected chi connectivity index (χ2v) is 4.33. The molecule has 0 aromatic carbocycles. The molecule has 0 bridgehead atoms. The Morgan fingerprint density at radius 3 is 2.50 bits per heavy atom. The number of hydrogen-bond donors (Lipinski definition) is 0. The minimum Gasteiger partial charge on any atom is -0.466 e. The summed E-state index contributed by atoms with van der Waals surface area (Å²) in [6.07, 6.45) is 5.34. The molecule has 0 spiro atoms. The number of esters is 1. The molecule has 1 aliphatic rings. The first-order chi connectivity index (χ1) is 6.77. The lowest BCUT2D eigenvalue weighted by molar-refractivity contribution is -0.149. The Morgan fingerprint density at radius 1 is 1.36 bits per heavy atom. The van der Waals surface area contributed by atoms with Crippen molar-refractivity contribution in [3.63, 3.8) is 0 Å². The van der Waals surface area contributed by atoms with Gasteiger partial charge in [-0.05, 0) is 44.9 Å². The van der Waals surface area contributed by atoms with Crippen molar-refractivity contribution >= 4 is 17.6 Å². The highest BCUT2D eigenvalue weighted by Gasteiger charge is 2.26. The van der Waals surface area contributed by atoms with E-state index in [0.29, 0.717) is 6.61 Å². The van der Waals surface area contributed by atoms with Crippen LogP contribution in [0.3, 0.4) is 0 Å². The van der Waals surface area contributed by atoms with E-state index in [2.05, 4.69) is 0 Å². The highest BCUT2D eigenvalue weighted by atomic mass is 35.5. The summed E-state index contributed by atoms with van der Waals surface area (Å²) in [6.45, 7) is 2.36. The van der Waals surface area contributed by atoms with Gasteiger partial charge in [0, 0.05) is 5.88 Å². The first-order valence-electron chi connectivity index (χ1n) is 5.50. The minimum absolute atomic E-state index is 0.00294. The van der Waals surface area contributed by atoms with E-state index in [1.54, 1.807) is 0 Å². The van der Waals surface area contributed by atoms with Crippen LogP contribution in [0, 0.1) is 11.8 Å². The summed E-state index contributed by atoms with van der Waals surface area (Å²) in [7, 11) is 0. The Bertz CT molecular complexity index is 174. The fourth-order valence-corrected chi connectivity index (χ4v) is 2.41. The quantitative estimate of drug-likeness (QED) is 0.536. The van der Waals surface area contributed by atoms with Crippen LogP contribution in [-0.2, 0) is 9.53 Å². The van der Waals surface area contributed by atoms with Crippen LogP contribution in [0.1, 0.15) is 39.0 Å². The van der Waals surface area contributed by atoms with Crippen LogP contribution in [0.15, 0.2) is 0 Å². The maximum atomic E-state index is 11.4. The second kappa shape index (κ2) is 6.28. The maximum Gasteiger partial charge on any atom is 0.308 e. The third-order valence-corrected chi connectivity index (χ3v) is 3.20. The van der Waals surface area contributed by atoms with Crippen LogP contribution in [0.5, 0.6) is 0 Å². The zero-order valence-electron chi connectivity index (χ0n) is 8.80. The predicted octanol–water partition coefficient (Wildman–Crippen LogP) is 2.98. The summed E-state index contributed by atoms with van der Waals surface area (Å²) >= 11 is 5.69. The highest BCUT2D eigenvalue weighted by Crippen LogP contribution is 2.31. The van der Waals surface area contributed by atoms with Crippen LogP contribution >= 0.6 is 11.6 Å². The molecule has 0 saturated heterocycles. The van der Waals surface area contributed by atoms with E-state index < -0.39 is 0 Å². The van der Waals surface area contributed by atoms with Crippen molar-refractivity contribution in [2.45, 2.75) is 39.0 Å². The van der Waals surface area contributed by atoms with Gasteiger partial charge in [0.2, 0.25) is 0 Å². The molecule has 0 aliphatic heterocycles. The minimum atomic E-state index is -0.00294. The molecule has 0 atom stereocenters. The summed E-state index contributed by atoms with van der Waals surface area (Å²) in [5.41, 5.74) is 0. The van der Waals surface area contributed by atoms with Crippen LogP contribution in [0.4, 0.5) is 0 Å². The van der Waals surface area contributed by atoms with E-state index in [0.717, 1.165) is 43.9 Å². The normalized spacial score (nSPS) is 27.3. The summed E-state index contributed by atoms with van der Waals surface area (Å²) in [5.74, 6) is 1.63. The fourth-order valence-electron chi connectivity index (χ4n) is 2.10. The molecule has 0 radical (unpaired) electrons. The summed E-state index contributed by atoms with van der Waals surface area (Å²) in [6, 6.07) is 0. The predicted molar refractivity (Wildman–Crippen MR) is 57.4 cm³/mol. The Balaban J connectivity index is 2.24. The lowest BCUT2D eigenvalue weighted by Crippen LogP contribution is -2.23. The van der Waals surface area contributed by atoms with Crippen LogP contribution < -0.4 is 0 Å². The molecule has 1 fully saturated rings. The number of carbonyl (C=O) groups excluding carboxylic acids is 1. The Morgan fingerprint density at radius 2 is 2.00 bits per heavy atom. The smallest absolute Gasteiger partial charge is 0.308 e. The van der Waals surface area contributed by atoms with Crippen LogP contribution in [0.2, 0.25) is 0 Å². The molecule has 82 valence electrons. The molecule has 0 amide bonds. The third-order valence-electron chi connectivity index (χ3n) is 2.98. The van der Waals surface area contributed by atoms with Crippen molar-refractivity contribution in [2.75, 3.05) is 12.5 Å². The Hall–Kier alpha value is -0.240. The topological polar surface area (TPSA) is 26.3 Å². The van der Waals surface area contributed by atoms with Crippen molar-refractivity contribution in [1.29, 1.82) is 0 Å². The fraction of sp³-hybridized carbons (Fsp3) is 0.909. The maximum absolute atomic E-state index is 11.4. The Kier molecular flexibility index (Phi) is 5.31. The molecule has 2 nitrogen and oxygen atoms in total. The Labute approximate surface area is 91.0 Å². The van der Waals surface area contributed by atoms with Gasteiger partial charge in [0.15, 0.2) is 0 Å². The SMILES string of the molecule is CCOC(=O)C1CCC(CCCl)CC1.